The van der Waals surface area contributed by atoms with Gasteiger partial charge < -0.3 is 14.6 Å². The summed E-state index contributed by atoms with van der Waals surface area (Å²) in [4.78, 5) is 0. The Morgan fingerprint density at radius 2 is 1.27 bits per heavy atom. The minimum atomic E-state index is -2.22. The summed E-state index contributed by atoms with van der Waals surface area (Å²) in [5.74, 6) is 0. The van der Waals surface area contributed by atoms with Gasteiger partial charge >= 0.3 is 8.56 Å². The Labute approximate surface area is 134 Å². The van der Waals surface area contributed by atoms with E-state index in [1.165, 1.54) is 11.1 Å². The third-order valence-electron chi connectivity index (χ3n) is 3.61. The molecule has 0 fully saturated rings. The highest BCUT2D eigenvalue weighted by Crippen LogP contribution is 2.20. The van der Waals surface area contributed by atoms with Gasteiger partial charge in [-0.2, -0.15) is 0 Å². The Balaban J connectivity index is 1.93. The van der Waals surface area contributed by atoms with Crippen LogP contribution in [0.3, 0.4) is 0 Å². The zero-order valence-corrected chi connectivity index (χ0v) is 14.2. The molecule has 0 saturated carbocycles. The van der Waals surface area contributed by atoms with Gasteiger partial charge in [0, 0.05) is 0 Å². The summed E-state index contributed by atoms with van der Waals surface area (Å²) in [6.45, 7) is 4.01. The smallest absolute Gasteiger partial charge is 0.335 e. The molecule has 2 N–H and O–H groups in total. The van der Waals surface area contributed by atoms with Crippen molar-refractivity contribution in [3.05, 3.63) is 71.8 Å². The summed E-state index contributed by atoms with van der Waals surface area (Å²) in [6.07, 6.45) is 0.937. The number of benzene rings is 2. The Kier molecular flexibility index (Phi) is 6.80. The van der Waals surface area contributed by atoms with Gasteiger partial charge in [-0.15, -0.1) is 0 Å². The van der Waals surface area contributed by atoms with Gasteiger partial charge in [0.2, 0.25) is 0 Å². The highest BCUT2D eigenvalue weighted by molar-refractivity contribution is 6.65. The van der Waals surface area contributed by atoms with Crippen molar-refractivity contribution in [1.82, 2.24) is 0 Å². The van der Waals surface area contributed by atoms with Crippen molar-refractivity contribution >= 4 is 8.56 Å². The van der Waals surface area contributed by atoms with Gasteiger partial charge in [0.1, 0.15) is 0 Å². The number of hydrogen-bond acceptors (Lipinski definition) is 3. The monoisotopic (exact) mass is 315 g/mol. The molecular formula is C18H25NO2Si. The Bertz CT molecular complexity index is 490. The minimum absolute atomic E-state index is 0.600. The quantitative estimate of drug-likeness (QED) is 0.715. The standard InChI is InChI=1S/C18H25NO2Si/c1-22(14-8-13-19,20-15-17-9-4-2-5-10-17)21-16-18-11-6-3-7-12-18/h2-7,9-12H,8,13-16,19H2,1H3. The number of nitrogens with two attached hydrogens (primary N) is 1. The van der Waals surface area contributed by atoms with Gasteiger partial charge in [-0.1, -0.05) is 60.7 Å². The van der Waals surface area contributed by atoms with Gasteiger partial charge in [0.05, 0.1) is 13.2 Å². The molecule has 0 radical (unpaired) electrons. The molecule has 0 aliphatic rings. The second-order valence-electron chi connectivity index (χ2n) is 5.57. The van der Waals surface area contributed by atoms with Crippen LogP contribution in [0.15, 0.2) is 60.7 Å². The summed E-state index contributed by atoms with van der Waals surface area (Å²) in [5.41, 5.74) is 8.02. The maximum absolute atomic E-state index is 6.20. The molecule has 2 aromatic rings. The van der Waals surface area contributed by atoms with E-state index in [0.29, 0.717) is 19.8 Å². The fourth-order valence-electron chi connectivity index (χ4n) is 2.23. The van der Waals surface area contributed by atoms with Crippen LogP contribution in [-0.4, -0.2) is 15.1 Å². The molecule has 0 unspecified atom stereocenters. The van der Waals surface area contributed by atoms with E-state index in [-0.39, 0.29) is 0 Å². The first-order chi connectivity index (χ1) is 10.7. The molecule has 22 heavy (non-hydrogen) atoms. The van der Waals surface area contributed by atoms with Crippen LogP contribution >= 0.6 is 0 Å². The van der Waals surface area contributed by atoms with Gasteiger partial charge in [-0.3, -0.25) is 0 Å². The fraction of sp³-hybridized carbons (Fsp3) is 0.333. The molecule has 3 nitrogen and oxygen atoms in total. The van der Waals surface area contributed by atoms with E-state index < -0.39 is 8.56 Å². The lowest BCUT2D eigenvalue weighted by atomic mass is 10.2. The zero-order chi connectivity index (χ0) is 15.7. The number of rotatable bonds is 9. The third kappa shape index (κ3) is 5.73. The molecule has 0 spiro atoms. The molecule has 0 amide bonds. The SMILES string of the molecule is C[Si](CCCN)(OCc1ccccc1)OCc1ccccc1. The average Bonchev–Trinajstić information content (AvgIpc) is 2.59. The molecule has 118 valence electrons. The van der Waals surface area contributed by atoms with Gasteiger partial charge in [0.15, 0.2) is 0 Å². The van der Waals surface area contributed by atoms with E-state index in [1.807, 2.05) is 36.4 Å². The average molecular weight is 315 g/mol. The molecule has 0 heterocycles. The summed E-state index contributed by atoms with van der Waals surface area (Å²) < 4.78 is 12.4. The van der Waals surface area contributed by atoms with Crippen molar-refractivity contribution in [2.75, 3.05) is 6.54 Å². The normalized spacial score (nSPS) is 11.5. The zero-order valence-electron chi connectivity index (χ0n) is 13.2. The van der Waals surface area contributed by atoms with E-state index >= 15 is 0 Å². The lowest BCUT2D eigenvalue weighted by Crippen LogP contribution is -2.38. The van der Waals surface area contributed by atoms with Crippen LogP contribution in [0.4, 0.5) is 0 Å². The predicted molar refractivity (Wildman–Crippen MR) is 92.6 cm³/mol. The lowest BCUT2D eigenvalue weighted by Gasteiger charge is -2.27. The van der Waals surface area contributed by atoms with Crippen LogP contribution in [0.1, 0.15) is 17.5 Å². The molecule has 4 heteroatoms. The molecule has 0 aliphatic carbocycles. The van der Waals surface area contributed by atoms with E-state index in [4.69, 9.17) is 14.6 Å². The second-order valence-corrected chi connectivity index (χ2v) is 8.92. The van der Waals surface area contributed by atoms with Gasteiger partial charge in [-0.05, 0) is 36.7 Å². The Morgan fingerprint density at radius 3 is 1.68 bits per heavy atom. The van der Waals surface area contributed by atoms with E-state index in [2.05, 4.69) is 30.8 Å². The molecular weight excluding hydrogens is 290 g/mol. The number of hydrogen-bond donors (Lipinski definition) is 1. The predicted octanol–water partition coefficient (Wildman–Crippen LogP) is 3.84. The highest BCUT2D eigenvalue weighted by atomic mass is 28.4. The van der Waals surface area contributed by atoms with E-state index in [0.717, 1.165) is 12.5 Å². The largest absolute Gasteiger partial charge is 0.390 e. The molecule has 0 saturated heterocycles. The van der Waals surface area contributed by atoms with Crippen molar-refractivity contribution in [1.29, 1.82) is 0 Å². The Hall–Kier alpha value is -1.46. The third-order valence-corrected chi connectivity index (χ3v) is 6.38. The topological polar surface area (TPSA) is 44.5 Å². The van der Waals surface area contributed by atoms with Crippen LogP contribution in [0.2, 0.25) is 12.6 Å². The first kappa shape index (κ1) is 16.9. The maximum Gasteiger partial charge on any atom is 0.335 e. The van der Waals surface area contributed by atoms with Crippen LogP contribution < -0.4 is 5.73 Å². The maximum atomic E-state index is 6.20. The molecule has 0 bridgehead atoms. The minimum Gasteiger partial charge on any atom is -0.390 e. The van der Waals surface area contributed by atoms with Crippen molar-refractivity contribution < 1.29 is 8.85 Å². The van der Waals surface area contributed by atoms with Crippen LogP contribution in [-0.2, 0) is 22.1 Å². The molecule has 0 aromatic heterocycles. The van der Waals surface area contributed by atoms with E-state index in [9.17, 15) is 0 Å². The second kappa shape index (κ2) is 8.85. The van der Waals surface area contributed by atoms with Gasteiger partial charge in [0.25, 0.3) is 0 Å². The molecule has 2 rings (SSSR count). The fourth-order valence-corrected chi connectivity index (χ4v) is 4.39. The van der Waals surface area contributed by atoms with Crippen LogP contribution in [0.5, 0.6) is 0 Å². The summed E-state index contributed by atoms with van der Waals surface area (Å²) in [6, 6.07) is 21.4. The van der Waals surface area contributed by atoms with E-state index in [1.54, 1.807) is 0 Å². The van der Waals surface area contributed by atoms with Crippen molar-refractivity contribution in [3.63, 3.8) is 0 Å². The van der Waals surface area contributed by atoms with Crippen molar-refractivity contribution in [2.45, 2.75) is 32.2 Å². The van der Waals surface area contributed by atoms with Crippen molar-refractivity contribution in [3.8, 4) is 0 Å². The lowest BCUT2D eigenvalue weighted by molar-refractivity contribution is 0.157. The summed E-state index contributed by atoms with van der Waals surface area (Å²) >= 11 is 0. The first-order valence-electron chi connectivity index (χ1n) is 7.78. The molecule has 2 aromatic carbocycles. The summed E-state index contributed by atoms with van der Waals surface area (Å²) in [5, 5.41) is 0. The van der Waals surface area contributed by atoms with Crippen LogP contribution in [0, 0.1) is 0 Å². The molecule has 0 atom stereocenters. The van der Waals surface area contributed by atoms with Crippen LogP contribution in [0.25, 0.3) is 0 Å². The first-order valence-corrected chi connectivity index (χ1v) is 10.3. The molecule has 0 aliphatic heterocycles. The highest BCUT2D eigenvalue weighted by Gasteiger charge is 2.31. The summed E-state index contributed by atoms with van der Waals surface area (Å²) in [7, 11) is -2.22. The van der Waals surface area contributed by atoms with Gasteiger partial charge in [-0.25, -0.2) is 0 Å². The Morgan fingerprint density at radius 1 is 0.818 bits per heavy atom. The van der Waals surface area contributed by atoms with Crippen molar-refractivity contribution in [2.24, 2.45) is 5.73 Å².